The Kier molecular flexibility index (Phi) is 2.38. The summed E-state index contributed by atoms with van der Waals surface area (Å²) in [6.07, 6.45) is 1.49. The van der Waals surface area contributed by atoms with Gasteiger partial charge in [-0.2, -0.15) is 4.09 Å². The Morgan fingerprint density at radius 2 is 2.67 bits per heavy atom. The van der Waals surface area contributed by atoms with Crippen LogP contribution in [0, 0.1) is 0 Å². The van der Waals surface area contributed by atoms with E-state index in [2.05, 4.69) is 22.0 Å². The second-order valence-corrected chi connectivity index (χ2v) is 2.34. The minimum absolute atomic E-state index is 0.0550. The Bertz CT molecular complexity index is 170. The molecule has 0 spiro atoms. The third-order valence-corrected chi connectivity index (χ3v) is 1.75. The first-order chi connectivity index (χ1) is 4.38. The summed E-state index contributed by atoms with van der Waals surface area (Å²) < 4.78 is 1.43. The van der Waals surface area contributed by atoms with Gasteiger partial charge in [0, 0.05) is 11.0 Å². The summed E-state index contributed by atoms with van der Waals surface area (Å²) in [6, 6.07) is 0. The molecule has 0 saturated heterocycles. The maximum Gasteiger partial charge on any atom is 0.0980 e. The van der Waals surface area contributed by atoms with E-state index in [1.807, 2.05) is 0 Å². The molecule has 1 rings (SSSR count). The number of aliphatic hydroxyl groups is 1. The van der Waals surface area contributed by atoms with Crippen LogP contribution in [0.4, 0.5) is 0 Å². The van der Waals surface area contributed by atoms with Gasteiger partial charge >= 0.3 is 0 Å². The normalized spacial score (nSPS) is 10.0. The maximum atomic E-state index is 8.59. The van der Waals surface area contributed by atoms with E-state index < -0.39 is 0 Å². The molecule has 1 aromatic heterocycles. The molecule has 0 radical (unpaired) electrons. The quantitative estimate of drug-likeness (QED) is 0.480. The van der Waals surface area contributed by atoms with Gasteiger partial charge in [0.25, 0.3) is 0 Å². The van der Waals surface area contributed by atoms with E-state index in [-0.39, 0.29) is 6.61 Å². The SMILES string of the molecule is OCc1cnnn1SS. The number of aromatic nitrogens is 3. The Hall–Kier alpha value is -0.200. The summed E-state index contributed by atoms with van der Waals surface area (Å²) in [5.74, 6) is 0. The van der Waals surface area contributed by atoms with E-state index in [0.717, 1.165) is 11.0 Å². The first-order valence-corrected chi connectivity index (χ1v) is 4.03. The fourth-order valence-electron chi connectivity index (χ4n) is 0.416. The second kappa shape index (κ2) is 3.09. The Morgan fingerprint density at radius 3 is 3.11 bits per heavy atom. The smallest absolute Gasteiger partial charge is 0.0980 e. The molecule has 0 aliphatic heterocycles. The summed E-state index contributed by atoms with van der Waals surface area (Å²) in [6.45, 7) is -0.0550. The van der Waals surface area contributed by atoms with Crippen molar-refractivity contribution in [1.29, 1.82) is 0 Å². The van der Waals surface area contributed by atoms with Crippen LogP contribution in [0.25, 0.3) is 0 Å². The van der Waals surface area contributed by atoms with Crippen molar-refractivity contribution in [2.24, 2.45) is 0 Å². The van der Waals surface area contributed by atoms with Crippen molar-refractivity contribution in [1.82, 2.24) is 14.4 Å². The zero-order valence-corrected chi connectivity index (χ0v) is 6.14. The fourth-order valence-corrected chi connectivity index (χ4v) is 1.11. The highest BCUT2D eigenvalue weighted by atomic mass is 33.1. The van der Waals surface area contributed by atoms with Crippen molar-refractivity contribution in [3.05, 3.63) is 11.9 Å². The largest absolute Gasteiger partial charge is 0.390 e. The number of nitrogens with zero attached hydrogens (tertiary/aromatic N) is 3. The zero-order chi connectivity index (χ0) is 6.69. The monoisotopic (exact) mass is 163 g/mol. The molecule has 0 unspecified atom stereocenters. The van der Waals surface area contributed by atoms with Gasteiger partial charge in [-0.1, -0.05) is 16.9 Å². The lowest BCUT2D eigenvalue weighted by Gasteiger charge is -1.93. The molecular weight excluding hydrogens is 158 g/mol. The van der Waals surface area contributed by atoms with Crippen LogP contribution in [0.3, 0.4) is 0 Å². The van der Waals surface area contributed by atoms with Gasteiger partial charge in [0.15, 0.2) is 0 Å². The Balaban J connectivity index is 2.85. The summed E-state index contributed by atoms with van der Waals surface area (Å²) in [5, 5.41) is 15.7. The molecule has 0 aliphatic carbocycles. The summed E-state index contributed by atoms with van der Waals surface area (Å²) in [7, 11) is 1.10. The molecule has 0 bridgehead atoms. The molecule has 1 aromatic rings. The first kappa shape index (κ1) is 6.91. The van der Waals surface area contributed by atoms with Crippen LogP contribution in [-0.4, -0.2) is 19.5 Å². The molecule has 9 heavy (non-hydrogen) atoms. The van der Waals surface area contributed by atoms with Gasteiger partial charge < -0.3 is 5.11 Å². The number of hydrogen-bond donors (Lipinski definition) is 2. The molecule has 50 valence electrons. The van der Waals surface area contributed by atoms with Gasteiger partial charge in [-0.3, -0.25) is 0 Å². The van der Waals surface area contributed by atoms with Crippen LogP contribution in [0.5, 0.6) is 0 Å². The highest BCUT2D eigenvalue weighted by Crippen LogP contribution is 2.10. The van der Waals surface area contributed by atoms with Crippen LogP contribution in [0.2, 0.25) is 0 Å². The standard InChI is InChI=1S/C3H5N3OS2/c7-2-3-1-4-5-6(3)9-8/h1,7-8H,2H2. The van der Waals surface area contributed by atoms with E-state index in [1.54, 1.807) is 0 Å². The van der Waals surface area contributed by atoms with Crippen LogP contribution >= 0.6 is 22.6 Å². The Morgan fingerprint density at radius 1 is 1.89 bits per heavy atom. The lowest BCUT2D eigenvalue weighted by molar-refractivity contribution is 0.275. The van der Waals surface area contributed by atoms with Gasteiger partial charge in [0.05, 0.1) is 18.5 Å². The van der Waals surface area contributed by atoms with Crippen LogP contribution in [-0.2, 0) is 6.61 Å². The van der Waals surface area contributed by atoms with Crippen molar-refractivity contribution < 1.29 is 5.11 Å². The summed E-state index contributed by atoms with van der Waals surface area (Å²) in [4.78, 5) is 0. The lowest BCUT2D eigenvalue weighted by atomic mass is 10.5. The molecule has 0 aliphatic rings. The van der Waals surface area contributed by atoms with Crippen molar-refractivity contribution in [2.75, 3.05) is 0 Å². The van der Waals surface area contributed by atoms with Crippen LogP contribution in [0.1, 0.15) is 5.69 Å². The molecule has 1 N–H and O–H groups in total. The van der Waals surface area contributed by atoms with E-state index in [0.29, 0.717) is 5.69 Å². The molecule has 0 atom stereocenters. The first-order valence-electron chi connectivity index (χ1n) is 2.21. The topological polar surface area (TPSA) is 50.9 Å². The average molecular weight is 163 g/mol. The average Bonchev–Trinajstić information content (AvgIpc) is 2.33. The number of rotatable bonds is 2. The third kappa shape index (κ3) is 1.38. The van der Waals surface area contributed by atoms with Gasteiger partial charge in [-0.25, -0.2) is 0 Å². The molecule has 0 saturated carbocycles. The number of thiol groups is 1. The predicted molar refractivity (Wildman–Crippen MR) is 37.9 cm³/mol. The van der Waals surface area contributed by atoms with E-state index >= 15 is 0 Å². The summed E-state index contributed by atoms with van der Waals surface area (Å²) in [5.41, 5.74) is 0.648. The number of hydrogen-bond acceptors (Lipinski definition) is 5. The molecular formula is C3H5N3OS2. The number of aliphatic hydroxyl groups excluding tert-OH is 1. The van der Waals surface area contributed by atoms with Crippen molar-refractivity contribution in [2.45, 2.75) is 6.61 Å². The minimum Gasteiger partial charge on any atom is -0.390 e. The van der Waals surface area contributed by atoms with Gasteiger partial charge in [-0.05, 0) is 0 Å². The fraction of sp³-hybridized carbons (Fsp3) is 0.333. The molecule has 0 aromatic carbocycles. The molecule has 4 nitrogen and oxygen atoms in total. The van der Waals surface area contributed by atoms with Crippen molar-refractivity contribution in [3.63, 3.8) is 0 Å². The second-order valence-electron chi connectivity index (χ2n) is 1.34. The molecule has 1 heterocycles. The van der Waals surface area contributed by atoms with E-state index in [4.69, 9.17) is 5.11 Å². The molecule has 0 fully saturated rings. The highest BCUT2D eigenvalue weighted by Gasteiger charge is 1.98. The van der Waals surface area contributed by atoms with Crippen molar-refractivity contribution >= 4 is 22.6 Å². The van der Waals surface area contributed by atoms with Crippen LogP contribution in [0.15, 0.2) is 6.20 Å². The van der Waals surface area contributed by atoms with E-state index in [1.165, 1.54) is 10.3 Å². The highest BCUT2D eigenvalue weighted by molar-refractivity contribution is 8.67. The molecule has 0 amide bonds. The van der Waals surface area contributed by atoms with Gasteiger partial charge in [0.2, 0.25) is 0 Å². The third-order valence-electron chi connectivity index (χ3n) is 0.825. The molecule has 6 heteroatoms. The zero-order valence-electron chi connectivity index (χ0n) is 4.43. The summed E-state index contributed by atoms with van der Waals surface area (Å²) >= 11 is 3.87. The Labute approximate surface area is 61.2 Å². The van der Waals surface area contributed by atoms with E-state index in [9.17, 15) is 0 Å². The van der Waals surface area contributed by atoms with Crippen LogP contribution < -0.4 is 0 Å². The van der Waals surface area contributed by atoms with Gasteiger partial charge in [-0.15, -0.1) is 5.10 Å². The van der Waals surface area contributed by atoms with Crippen molar-refractivity contribution in [3.8, 4) is 0 Å². The predicted octanol–water partition coefficient (Wildman–Crippen LogP) is 0.111. The maximum absolute atomic E-state index is 8.59. The van der Waals surface area contributed by atoms with Gasteiger partial charge in [0.1, 0.15) is 0 Å². The lowest BCUT2D eigenvalue weighted by Crippen LogP contribution is -1.92. The minimum atomic E-state index is -0.0550.